The third-order valence-electron chi connectivity index (χ3n) is 5.54. The van der Waals surface area contributed by atoms with Crippen molar-refractivity contribution in [3.05, 3.63) is 94.6 Å². The first-order chi connectivity index (χ1) is 15.3. The molecule has 4 rings (SSSR count). The molecule has 162 valence electrons. The third kappa shape index (κ3) is 3.60. The number of carbonyl (C=O) groups is 2. The molecule has 3 aromatic rings. The number of Topliss-reactive ketones (excluding diaryl/α,β-unsaturated/α-hetero) is 1. The van der Waals surface area contributed by atoms with Gasteiger partial charge in [-0.3, -0.25) is 14.5 Å². The second kappa shape index (κ2) is 8.23. The Morgan fingerprint density at radius 2 is 1.66 bits per heavy atom. The Morgan fingerprint density at radius 3 is 2.38 bits per heavy atom. The van der Waals surface area contributed by atoms with Crippen LogP contribution in [0.5, 0.6) is 11.5 Å². The van der Waals surface area contributed by atoms with E-state index >= 15 is 0 Å². The number of aromatic hydroxyl groups is 1. The molecule has 1 aliphatic heterocycles. The molecule has 1 aliphatic rings. The Balaban J connectivity index is 1.99. The molecular formula is C26H23NO5. The Labute approximate surface area is 186 Å². The summed E-state index contributed by atoms with van der Waals surface area (Å²) in [5.74, 6) is -1.56. The first-order valence-corrected chi connectivity index (χ1v) is 10.1. The van der Waals surface area contributed by atoms with Gasteiger partial charge in [-0.05, 0) is 49.2 Å². The SMILES string of the molecule is COc1cccc(/C(O)=C2\C(=O)C(=O)N(c3cc(C)ccc3O)C2c2cccc(C)c2)c1. The Hall–Kier alpha value is -4.06. The lowest BCUT2D eigenvalue weighted by molar-refractivity contribution is -0.132. The van der Waals surface area contributed by atoms with E-state index in [2.05, 4.69) is 0 Å². The quantitative estimate of drug-likeness (QED) is 0.358. The zero-order valence-electron chi connectivity index (χ0n) is 18.0. The molecule has 1 unspecified atom stereocenters. The molecule has 6 heteroatoms. The predicted molar refractivity (Wildman–Crippen MR) is 122 cm³/mol. The number of methoxy groups -OCH3 is 1. The fourth-order valence-electron chi connectivity index (χ4n) is 3.99. The average molecular weight is 429 g/mol. The minimum absolute atomic E-state index is 0.0465. The van der Waals surface area contributed by atoms with E-state index in [1.165, 1.54) is 18.1 Å². The van der Waals surface area contributed by atoms with Gasteiger partial charge in [-0.25, -0.2) is 0 Å². The number of hydrogen-bond acceptors (Lipinski definition) is 5. The molecule has 3 aromatic carbocycles. The van der Waals surface area contributed by atoms with Crippen molar-refractivity contribution in [3.63, 3.8) is 0 Å². The molecule has 1 amide bonds. The molecule has 1 saturated heterocycles. The summed E-state index contributed by atoms with van der Waals surface area (Å²) < 4.78 is 5.23. The van der Waals surface area contributed by atoms with Crippen molar-refractivity contribution < 1.29 is 24.5 Å². The fourth-order valence-corrected chi connectivity index (χ4v) is 3.99. The second-order valence-corrected chi connectivity index (χ2v) is 7.81. The minimum Gasteiger partial charge on any atom is -0.507 e. The van der Waals surface area contributed by atoms with Gasteiger partial charge < -0.3 is 14.9 Å². The van der Waals surface area contributed by atoms with Crippen LogP contribution in [0.4, 0.5) is 5.69 Å². The number of phenolic OH excluding ortho intramolecular Hbond substituents is 1. The Bertz CT molecular complexity index is 1260. The Morgan fingerprint density at radius 1 is 0.938 bits per heavy atom. The van der Waals surface area contributed by atoms with E-state index in [9.17, 15) is 19.8 Å². The van der Waals surface area contributed by atoms with Gasteiger partial charge in [0.05, 0.1) is 24.4 Å². The highest BCUT2D eigenvalue weighted by atomic mass is 16.5. The van der Waals surface area contributed by atoms with Gasteiger partial charge >= 0.3 is 0 Å². The molecular weight excluding hydrogens is 406 g/mol. The van der Waals surface area contributed by atoms with Gasteiger partial charge in [0.25, 0.3) is 11.7 Å². The zero-order valence-corrected chi connectivity index (χ0v) is 18.0. The molecule has 32 heavy (non-hydrogen) atoms. The van der Waals surface area contributed by atoms with Crippen molar-refractivity contribution in [3.8, 4) is 11.5 Å². The smallest absolute Gasteiger partial charge is 0.300 e. The summed E-state index contributed by atoms with van der Waals surface area (Å²) in [4.78, 5) is 27.7. The summed E-state index contributed by atoms with van der Waals surface area (Å²) in [6.45, 7) is 3.74. The maximum atomic E-state index is 13.2. The van der Waals surface area contributed by atoms with E-state index < -0.39 is 17.7 Å². The molecule has 0 radical (unpaired) electrons. The number of ether oxygens (including phenoxy) is 1. The number of amides is 1. The van der Waals surface area contributed by atoms with Crippen LogP contribution in [0.25, 0.3) is 5.76 Å². The van der Waals surface area contributed by atoms with Crippen LogP contribution in [-0.4, -0.2) is 29.0 Å². The number of rotatable bonds is 4. The highest BCUT2D eigenvalue weighted by molar-refractivity contribution is 6.51. The predicted octanol–water partition coefficient (Wildman–Crippen LogP) is 4.64. The molecule has 1 fully saturated rings. The van der Waals surface area contributed by atoms with Crippen molar-refractivity contribution in [2.45, 2.75) is 19.9 Å². The number of hydrogen-bond donors (Lipinski definition) is 2. The van der Waals surface area contributed by atoms with Gasteiger partial charge in [0.2, 0.25) is 0 Å². The van der Waals surface area contributed by atoms with Crippen molar-refractivity contribution in [2.75, 3.05) is 12.0 Å². The van der Waals surface area contributed by atoms with Gasteiger partial charge in [0.1, 0.15) is 17.3 Å². The molecule has 0 spiro atoms. The first kappa shape index (κ1) is 21.2. The lowest BCUT2D eigenvalue weighted by atomic mass is 9.94. The summed E-state index contributed by atoms with van der Waals surface area (Å²) in [6, 6.07) is 18.0. The summed E-state index contributed by atoms with van der Waals surface area (Å²) in [6.07, 6.45) is 0. The van der Waals surface area contributed by atoms with Crippen molar-refractivity contribution in [2.24, 2.45) is 0 Å². The largest absolute Gasteiger partial charge is 0.507 e. The van der Waals surface area contributed by atoms with Crippen molar-refractivity contribution in [1.82, 2.24) is 0 Å². The molecule has 0 aromatic heterocycles. The average Bonchev–Trinajstić information content (AvgIpc) is 3.05. The zero-order chi connectivity index (χ0) is 23.0. The number of anilines is 1. The topological polar surface area (TPSA) is 87.1 Å². The van der Waals surface area contributed by atoms with Crippen LogP contribution in [-0.2, 0) is 9.59 Å². The number of nitrogens with zero attached hydrogens (tertiary/aromatic N) is 1. The number of aliphatic hydroxyl groups excluding tert-OH is 1. The summed E-state index contributed by atoms with van der Waals surface area (Å²) in [5, 5.41) is 21.7. The number of aryl methyl sites for hydroxylation is 2. The van der Waals surface area contributed by atoms with Crippen LogP contribution >= 0.6 is 0 Å². The maximum Gasteiger partial charge on any atom is 0.300 e. The molecule has 1 heterocycles. The lowest BCUT2D eigenvalue weighted by Crippen LogP contribution is -2.29. The van der Waals surface area contributed by atoms with Gasteiger partial charge in [-0.1, -0.05) is 48.0 Å². The molecule has 0 saturated carbocycles. The van der Waals surface area contributed by atoms with E-state index in [0.29, 0.717) is 16.9 Å². The minimum atomic E-state index is -0.909. The summed E-state index contributed by atoms with van der Waals surface area (Å²) in [7, 11) is 1.51. The van der Waals surface area contributed by atoms with E-state index in [-0.39, 0.29) is 22.8 Å². The molecule has 0 aliphatic carbocycles. The normalized spacial score (nSPS) is 17.6. The van der Waals surface area contributed by atoms with E-state index in [1.54, 1.807) is 42.5 Å². The van der Waals surface area contributed by atoms with Gasteiger partial charge in [0, 0.05) is 5.56 Å². The summed E-state index contributed by atoms with van der Waals surface area (Å²) >= 11 is 0. The van der Waals surface area contributed by atoms with Gasteiger partial charge in [0.15, 0.2) is 0 Å². The highest BCUT2D eigenvalue weighted by Gasteiger charge is 2.47. The van der Waals surface area contributed by atoms with E-state index in [1.807, 2.05) is 32.0 Å². The lowest BCUT2D eigenvalue weighted by Gasteiger charge is -2.26. The molecule has 1 atom stereocenters. The van der Waals surface area contributed by atoms with Crippen LogP contribution in [0.2, 0.25) is 0 Å². The van der Waals surface area contributed by atoms with Gasteiger partial charge in [-0.2, -0.15) is 0 Å². The van der Waals surface area contributed by atoms with E-state index in [0.717, 1.165) is 11.1 Å². The van der Waals surface area contributed by atoms with Crippen LogP contribution in [0.3, 0.4) is 0 Å². The maximum absolute atomic E-state index is 13.2. The molecule has 6 nitrogen and oxygen atoms in total. The number of ketones is 1. The highest BCUT2D eigenvalue weighted by Crippen LogP contribution is 2.45. The van der Waals surface area contributed by atoms with Crippen LogP contribution in [0.1, 0.15) is 28.3 Å². The van der Waals surface area contributed by atoms with Crippen LogP contribution in [0.15, 0.2) is 72.3 Å². The fraction of sp³-hybridized carbons (Fsp3) is 0.154. The third-order valence-corrected chi connectivity index (χ3v) is 5.54. The van der Waals surface area contributed by atoms with Crippen molar-refractivity contribution >= 4 is 23.1 Å². The summed E-state index contributed by atoms with van der Waals surface area (Å²) in [5.41, 5.74) is 2.92. The standard InChI is InChI=1S/C26H23NO5/c1-15-6-4-7-17(12-15)23-22(24(29)18-8-5-9-19(14-18)32-3)25(30)26(31)27(23)20-13-16(2)10-11-21(20)28/h4-14,23,28-29H,1-3H3/b24-22+. The number of aliphatic hydroxyl groups is 1. The Kier molecular flexibility index (Phi) is 5.45. The number of phenols is 1. The monoisotopic (exact) mass is 429 g/mol. The second-order valence-electron chi connectivity index (χ2n) is 7.81. The van der Waals surface area contributed by atoms with Crippen LogP contribution in [0, 0.1) is 13.8 Å². The number of carbonyl (C=O) groups excluding carboxylic acids is 2. The van der Waals surface area contributed by atoms with Crippen molar-refractivity contribution in [1.29, 1.82) is 0 Å². The van der Waals surface area contributed by atoms with Gasteiger partial charge in [-0.15, -0.1) is 0 Å². The van der Waals surface area contributed by atoms with Crippen LogP contribution < -0.4 is 9.64 Å². The van der Waals surface area contributed by atoms with E-state index in [4.69, 9.17) is 4.74 Å². The molecule has 2 N–H and O–H groups in total. The first-order valence-electron chi connectivity index (χ1n) is 10.1. The number of benzene rings is 3. The molecule has 0 bridgehead atoms.